The van der Waals surface area contributed by atoms with Crippen molar-refractivity contribution in [3.8, 4) is 0 Å². The Labute approximate surface area is 136 Å². The van der Waals surface area contributed by atoms with Crippen LogP contribution in [-0.4, -0.2) is 53.4 Å². The van der Waals surface area contributed by atoms with Crippen molar-refractivity contribution in [2.24, 2.45) is 13.0 Å². The van der Waals surface area contributed by atoms with E-state index in [-0.39, 0.29) is 17.7 Å². The van der Waals surface area contributed by atoms with E-state index in [4.69, 9.17) is 0 Å². The predicted molar refractivity (Wildman–Crippen MR) is 90.2 cm³/mol. The van der Waals surface area contributed by atoms with Crippen molar-refractivity contribution < 1.29 is 9.59 Å². The molecule has 5 heteroatoms. The summed E-state index contributed by atoms with van der Waals surface area (Å²) in [5, 5.41) is 0.973. The second-order valence-corrected chi connectivity index (χ2v) is 6.49. The average Bonchev–Trinajstić information content (AvgIpc) is 2.95. The Bertz CT molecular complexity index is 748. The molecule has 1 unspecified atom stereocenters. The number of hydrogen-bond acceptors (Lipinski definition) is 2. The fraction of sp³-hybridized carbons (Fsp3) is 0.444. The van der Waals surface area contributed by atoms with E-state index in [9.17, 15) is 9.59 Å². The maximum absolute atomic E-state index is 13.0. The van der Waals surface area contributed by atoms with E-state index in [1.165, 1.54) is 0 Å². The number of benzene rings is 1. The third-order valence-electron chi connectivity index (χ3n) is 4.66. The molecule has 1 saturated heterocycles. The maximum atomic E-state index is 13.0. The first-order valence-corrected chi connectivity index (χ1v) is 8.03. The summed E-state index contributed by atoms with van der Waals surface area (Å²) >= 11 is 0. The number of likely N-dealkylation sites (tertiary alicyclic amines) is 1. The van der Waals surface area contributed by atoms with Gasteiger partial charge in [0, 0.05) is 56.9 Å². The van der Waals surface area contributed by atoms with Crippen LogP contribution in [0.15, 0.2) is 30.5 Å². The molecule has 2 heterocycles. The monoisotopic (exact) mass is 313 g/mol. The van der Waals surface area contributed by atoms with Gasteiger partial charge >= 0.3 is 0 Å². The number of carbonyl (C=O) groups is 2. The highest BCUT2D eigenvalue weighted by atomic mass is 16.2. The lowest BCUT2D eigenvalue weighted by Gasteiger charge is -2.33. The zero-order valence-electron chi connectivity index (χ0n) is 14.0. The van der Waals surface area contributed by atoms with Crippen molar-refractivity contribution in [2.75, 3.05) is 27.2 Å². The van der Waals surface area contributed by atoms with Crippen LogP contribution >= 0.6 is 0 Å². The zero-order valence-corrected chi connectivity index (χ0v) is 14.0. The van der Waals surface area contributed by atoms with Crippen LogP contribution < -0.4 is 0 Å². The van der Waals surface area contributed by atoms with E-state index in [2.05, 4.69) is 0 Å². The molecule has 1 aliphatic rings. The minimum Gasteiger partial charge on any atom is -0.351 e. The Morgan fingerprint density at radius 2 is 2.00 bits per heavy atom. The van der Waals surface area contributed by atoms with Gasteiger partial charge in [-0.2, -0.15) is 0 Å². The first-order valence-electron chi connectivity index (χ1n) is 8.03. The van der Waals surface area contributed by atoms with Crippen molar-refractivity contribution in [1.29, 1.82) is 0 Å². The number of aromatic nitrogens is 1. The SMILES string of the molecule is CN(C)C(=O)C1CCCN(C(=O)c2cccc3c2ccn3C)C1. The van der Waals surface area contributed by atoms with Gasteiger partial charge in [-0.25, -0.2) is 0 Å². The van der Waals surface area contributed by atoms with Crippen molar-refractivity contribution in [2.45, 2.75) is 12.8 Å². The van der Waals surface area contributed by atoms with Gasteiger partial charge in [-0.1, -0.05) is 6.07 Å². The van der Waals surface area contributed by atoms with E-state index in [0.29, 0.717) is 6.54 Å². The first kappa shape index (κ1) is 15.6. The van der Waals surface area contributed by atoms with E-state index in [1.807, 2.05) is 47.0 Å². The van der Waals surface area contributed by atoms with Gasteiger partial charge < -0.3 is 14.4 Å². The van der Waals surface area contributed by atoms with Crippen LogP contribution in [0.3, 0.4) is 0 Å². The standard InChI is InChI=1S/C18H23N3O2/c1-19(2)17(22)13-6-5-10-21(12-13)18(23)15-7-4-8-16-14(15)9-11-20(16)3/h4,7-9,11,13H,5-6,10,12H2,1-3H3. The smallest absolute Gasteiger partial charge is 0.254 e. The number of aryl methyl sites for hydroxylation is 1. The highest BCUT2D eigenvalue weighted by molar-refractivity contribution is 6.06. The molecule has 0 N–H and O–H groups in total. The van der Waals surface area contributed by atoms with E-state index in [0.717, 1.165) is 35.9 Å². The predicted octanol–water partition coefficient (Wildman–Crippen LogP) is 2.12. The zero-order chi connectivity index (χ0) is 16.6. The number of amides is 2. The van der Waals surface area contributed by atoms with Gasteiger partial charge in [0.25, 0.3) is 5.91 Å². The minimum atomic E-state index is -0.0855. The largest absolute Gasteiger partial charge is 0.351 e. The molecule has 23 heavy (non-hydrogen) atoms. The molecule has 3 rings (SSSR count). The fourth-order valence-corrected chi connectivity index (χ4v) is 3.39. The van der Waals surface area contributed by atoms with Crippen molar-refractivity contribution >= 4 is 22.7 Å². The van der Waals surface area contributed by atoms with Crippen LogP contribution in [-0.2, 0) is 11.8 Å². The number of fused-ring (bicyclic) bond motifs is 1. The molecule has 0 spiro atoms. The van der Waals surface area contributed by atoms with Gasteiger partial charge in [0.05, 0.1) is 5.92 Å². The number of piperidine rings is 1. The Balaban J connectivity index is 1.86. The van der Waals surface area contributed by atoms with Gasteiger partial charge in [0.15, 0.2) is 0 Å². The highest BCUT2D eigenvalue weighted by Gasteiger charge is 2.30. The lowest BCUT2D eigenvalue weighted by Crippen LogP contribution is -2.45. The molecular formula is C18H23N3O2. The summed E-state index contributed by atoms with van der Waals surface area (Å²) in [5.41, 5.74) is 1.77. The van der Waals surface area contributed by atoms with Crippen molar-refractivity contribution in [3.05, 3.63) is 36.0 Å². The topological polar surface area (TPSA) is 45.6 Å². The van der Waals surface area contributed by atoms with Gasteiger partial charge in [0.2, 0.25) is 5.91 Å². The third-order valence-corrected chi connectivity index (χ3v) is 4.66. The Morgan fingerprint density at radius 3 is 2.74 bits per heavy atom. The average molecular weight is 313 g/mol. The Hall–Kier alpha value is -2.30. The van der Waals surface area contributed by atoms with Gasteiger partial charge in [-0.05, 0) is 31.0 Å². The minimum absolute atomic E-state index is 0.0260. The summed E-state index contributed by atoms with van der Waals surface area (Å²) in [6.07, 6.45) is 3.70. The molecule has 0 radical (unpaired) electrons. The molecule has 2 aromatic rings. The molecular weight excluding hydrogens is 290 g/mol. The Kier molecular flexibility index (Phi) is 4.11. The molecule has 1 aromatic carbocycles. The molecule has 1 fully saturated rings. The highest BCUT2D eigenvalue weighted by Crippen LogP contribution is 2.24. The van der Waals surface area contributed by atoms with Crippen LogP contribution in [0.5, 0.6) is 0 Å². The van der Waals surface area contributed by atoms with E-state index in [1.54, 1.807) is 19.0 Å². The summed E-state index contributed by atoms with van der Waals surface area (Å²) in [7, 11) is 5.52. The van der Waals surface area contributed by atoms with Gasteiger partial charge in [-0.3, -0.25) is 9.59 Å². The third kappa shape index (κ3) is 2.83. The molecule has 1 atom stereocenters. The molecule has 0 saturated carbocycles. The Morgan fingerprint density at radius 1 is 1.22 bits per heavy atom. The second kappa shape index (κ2) is 6.07. The molecule has 1 aliphatic heterocycles. The lowest BCUT2D eigenvalue weighted by atomic mass is 9.96. The fourth-order valence-electron chi connectivity index (χ4n) is 3.39. The van der Waals surface area contributed by atoms with Crippen LogP contribution in [0.4, 0.5) is 0 Å². The maximum Gasteiger partial charge on any atom is 0.254 e. The summed E-state index contributed by atoms with van der Waals surface area (Å²) in [4.78, 5) is 28.6. The summed E-state index contributed by atoms with van der Waals surface area (Å²) in [5.74, 6) is 0.0520. The lowest BCUT2D eigenvalue weighted by molar-refractivity contribution is -0.134. The summed E-state index contributed by atoms with van der Waals surface area (Å²) < 4.78 is 2.01. The van der Waals surface area contributed by atoms with Crippen molar-refractivity contribution in [1.82, 2.24) is 14.4 Å². The van der Waals surface area contributed by atoms with E-state index < -0.39 is 0 Å². The van der Waals surface area contributed by atoms with Crippen molar-refractivity contribution in [3.63, 3.8) is 0 Å². The number of rotatable bonds is 2. The molecule has 1 aromatic heterocycles. The quantitative estimate of drug-likeness (QED) is 0.852. The number of carbonyl (C=O) groups excluding carboxylic acids is 2. The number of hydrogen-bond donors (Lipinski definition) is 0. The van der Waals surface area contributed by atoms with Crippen LogP contribution in [0.25, 0.3) is 10.9 Å². The van der Waals surface area contributed by atoms with Crippen LogP contribution in [0, 0.1) is 5.92 Å². The van der Waals surface area contributed by atoms with Gasteiger partial charge in [-0.15, -0.1) is 0 Å². The molecule has 2 amide bonds. The summed E-state index contributed by atoms with van der Waals surface area (Å²) in [6, 6.07) is 7.79. The first-order chi connectivity index (χ1) is 11.0. The molecule has 0 aliphatic carbocycles. The number of nitrogens with zero attached hydrogens (tertiary/aromatic N) is 3. The molecule has 122 valence electrons. The van der Waals surface area contributed by atoms with Crippen LogP contribution in [0.1, 0.15) is 23.2 Å². The summed E-state index contributed by atoms with van der Waals surface area (Å²) in [6.45, 7) is 1.23. The van der Waals surface area contributed by atoms with Gasteiger partial charge in [0.1, 0.15) is 0 Å². The normalized spacial score (nSPS) is 18.2. The van der Waals surface area contributed by atoms with Crippen LogP contribution in [0.2, 0.25) is 0 Å². The molecule has 5 nitrogen and oxygen atoms in total. The second-order valence-electron chi connectivity index (χ2n) is 6.49. The molecule has 0 bridgehead atoms. The van der Waals surface area contributed by atoms with E-state index >= 15 is 0 Å².